The largest absolute Gasteiger partial charge is 0.508 e. The van der Waals surface area contributed by atoms with Crippen LogP contribution < -0.4 is 0 Å². The molecule has 2 saturated carbocycles. The number of fused-ring (bicyclic) bond motifs is 5. The number of rotatable bonds is 9. The fourth-order valence-corrected chi connectivity index (χ4v) is 7.81. The molecule has 0 amide bonds. The van der Waals surface area contributed by atoms with E-state index in [9.17, 15) is 10.2 Å². The molecule has 0 saturated heterocycles. The molecule has 0 heterocycles. The molecule has 4 rings (SSSR count). The lowest BCUT2D eigenvalue weighted by Crippen LogP contribution is -2.47. The van der Waals surface area contributed by atoms with Crippen LogP contribution in [0, 0.1) is 23.2 Å². The first kappa shape index (κ1) is 22.6. The van der Waals surface area contributed by atoms with Crippen LogP contribution in [0.3, 0.4) is 0 Å². The quantitative estimate of drug-likeness (QED) is 0.288. The molecule has 30 heavy (non-hydrogen) atoms. The Hall–Kier alpha value is -0.540. The van der Waals surface area contributed by atoms with Crippen molar-refractivity contribution < 1.29 is 10.2 Å². The Morgan fingerprint density at radius 1 is 1.00 bits per heavy atom. The third-order valence-corrected chi connectivity index (χ3v) is 9.60. The average molecular weight is 478 g/mol. The molecule has 0 spiro atoms. The number of aliphatic hydroxyl groups excluding tert-OH is 1. The highest BCUT2D eigenvalue weighted by Crippen LogP contribution is 2.62. The fraction of sp³-hybridized carbons (Fsp3) is 0.778. The van der Waals surface area contributed by atoms with Crippen molar-refractivity contribution in [2.45, 2.75) is 102 Å². The summed E-state index contributed by atoms with van der Waals surface area (Å²) in [5.74, 6) is 3.16. The third kappa shape index (κ3) is 4.49. The number of aliphatic hydroxyl groups is 1. The van der Waals surface area contributed by atoms with Gasteiger partial charge in [0, 0.05) is 5.33 Å². The van der Waals surface area contributed by atoms with Crippen molar-refractivity contribution in [3.05, 3.63) is 29.3 Å². The van der Waals surface area contributed by atoms with Gasteiger partial charge < -0.3 is 10.2 Å². The second-order valence-corrected chi connectivity index (χ2v) is 11.5. The number of hydrogen-bond donors (Lipinski definition) is 2. The van der Waals surface area contributed by atoms with Gasteiger partial charge >= 0.3 is 0 Å². The van der Waals surface area contributed by atoms with Crippen molar-refractivity contribution in [2.75, 3.05) is 5.33 Å². The van der Waals surface area contributed by atoms with Crippen LogP contribution in [0.15, 0.2) is 18.2 Å². The summed E-state index contributed by atoms with van der Waals surface area (Å²) in [5.41, 5.74) is 3.03. The molecule has 1 aromatic rings. The monoisotopic (exact) mass is 476 g/mol. The topological polar surface area (TPSA) is 40.5 Å². The van der Waals surface area contributed by atoms with Crippen LogP contribution in [-0.4, -0.2) is 21.6 Å². The fourth-order valence-electron chi connectivity index (χ4n) is 7.42. The van der Waals surface area contributed by atoms with Gasteiger partial charge in [-0.3, -0.25) is 0 Å². The molecule has 6 atom stereocenters. The Kier molecular flexibility index (Phi) is 7.51. The molecule has 1 aromatic carbocycles. The van der Waals surface area contributed by atoms with E-state index in [1.807, 2.05) is 12.1 Å². The summed E-state index contributed by atoms with van der Waals surface area (Å²) >= 11 is 3.53. The van der Waals surface area contributed by atoms with Gasteiger partial charge in [0.25, 0.3) is 0 Å². The zero-order valence-corrected chi connectivity index (χ0v) is 20.4. The highest BCUT2D eigenvalue weighted by Gasteiger charge is 2.56. The second kappa shape index (κ2) is 9.94. The number of benzene rings is 1. The normalized spacial score (nSPS) is 35.0. The van der Waals surface area contributed by atoms with Crippen molar-refractivity contribution in [3.63, 3.8) is 0 Å². The number of alkyl halides is 1. The van der Waals surface area contributed by atoms with Crippen molar-refractivity contribution in [1.82, 2.24) is 0 Å². The van der Waals surface area contributed by atoms with Gasteiger partial charge in [-0.1, -0.05) is 67.4 Å². The molecule has 0 radical (unpaired) electrons. The summed E-state index contributed by atoms with van der Waals surface area (Å²) in [6.07, 6.45) is 16.4. The zero-order chi connectivity index (χ0) is 21.1. The molecule has 168 valence electrons. The predicted octanol–water partition coefficient (Wildman–Crippen LogP) is 7.35. The lowest BCUT2D eigenvalue weighted by atomic mass is 9.52. The Bertz CT molecular complexity index is 704. The Morgan fingerprint density at radius 3 is 2.50 bits per heavy atom. The van der Waals surface area contributed by atoms with Crippen molar-refractivity contribution >= 4 is 15.9 Å². The number of hydrogen-bond acceptors (Lipinski definition) is 2. The summed E-state index contributed by atoms with van der Waals surface area (Å²) in [7, 11) is 0. The minimum atomic E-state index is -0.107. The number of halogens is 1. The first-order valence-corrected chi connectivity index (χ1v) is 13.7. The van der Waals surface area contributed by atoms with E-state index < -0.39 is 0 Å². The van der Waals surface area contributed by atoms with Crippen LogP contribution in [0.1, 0.15) is 101 Å². The number of phenolic OH excluding ortho intramolecular Hbond substituents is 1. The third-order valence-electron chi connectivity index (χ3n) is 9.04. The molecule has 3 heteroatoms. The van der Waals surface area contributed by atoms with Gasteiger partial charge in [-0.25, -0.2) is 0 Å². The van der Waals surface area contributed by atoms with Gasteiger partial charge in [0.1, 0.15) is 5.75 Å². The highest BCUT2D eigenvalue weighted by molar-refractivity contribution is 9.09. The molecular weight excluding hydrogens is 436 g/mol. The van der Waals surface area contributed by atoms with Crippen molar-refractivity contribution in [3.8, 4) is 5.75 Å². The molecule has 0 aromatic heterocycles. The minimum Gasteiger partial charge on any atom is -0.508 e. The van der Waals surface area contributed by atoms with Crippen LogP contribution in [0.25, 0.3) is 0 Å². The van der Waals surface area contributed by atoms with Gasteiger partial charge in [-0.05, 0) is 97.3 Å². The summed E-state index contributed by atoms with van der Waals surface area (Å²) in [4.78, 5) is 0. The molecule has 2 fully saturated rings. The van der Waals surface area contributed by atoms with Crippen LogP contribution in [-0.2, 0) is 6.42 Å². The van der Waals surface area contributed by atoms with Gasteiger partial charge in [-0.2, -0.15) is 0 Å². The zero-order valence-electron chi connectivity index (χ0n) is 18.8. The predicted molar refractivity (Wildman–Crippen MR) is 128 cm³/mol. The number of aromatic hydroxyl groups is 1. The second-order valence-electron chi connectivity index (χ2n) is 10.7. The molecule has 2 nitrogen and oxygen atoms in total. The first-order chi connectivity index (χ1) is 14.5. The molecular formula is C27H41BrO2. The molecule has 0 aliphatic heterocycles. The minimum absolute atomic E-state index is 0.107. The van der Waals surface area contributed by atoms with E-state index in [0.29, 0.717) is 23.5 Å². The smallest absolute Gasteiger partial charge is 0.115 e. The highest BCUT2D eigenvalue weighted by atomic mass is 79.9. The first-order valence-electron chi connectivity index (χ1n) is 12.6. The van der Waals surface area contributed by atoms with E-state index in [0.717, 1.165) is 30.5 Å². The Labute approximate surface area is 192 Å². The van der Waals surface area contributed by atoms with E-state index in [-0.39, 0.29) is 11.5 Å². The van der Waals surface area contributed by atoms with E-state index in [2.05, 4.69) is 28.9 Å². The maximum Gasteiger partial charge on any atom is 0.115 e. The van der Waals surface area contributed by atoms with Crippen LogP contribution in [0.4, 0.5) is 0 Å². The van der Waals surface area contributed by atoms with Gasteiger partial charge in [0.05, 0.1) is 6.10 Å². The molecule has 4 unspecified atom stereocenters. The molecule has 3 aliphatic rings. The van der Waals surface area contributed by atoms with E-state index in [1.54, 1.807) is 0 Å². The van der Waals surface area contributed by atoms with Gasteiger partial charge in [0.2, 0.25) is 0 Å². The Balaban J connectivity index is 1.43. The lowest BCUT2D eigenvalue weighted by molar-refractivity contribution is -0.0396. The van der Waals surface area contributed by atoms with Crippen LogP contribution in [0.5, 0.6) is 5.75 Å². The van der Waals surface area contributed by atoms with Crippen LogP contribution >= 0.6 is 15.9 Å². The van der Waals surface area contributed by atoms with Crippen molar-refractivity contribution in [2.24, 2.45) is 23.2 Å². The lowest BCUT2D eigenvalue weighted by Gasteiger charge is -2.53. The summed E-state index contributed by atoms with van der Waals surface area (Å²) in [5, 5.41) is 22.0. The van der Waals surface area contributed by atoms with Gasteiger partial charge in [-0.15, -0.1) is 0 Å². The maximum absolute atomic E-state index is 10.8. The number of phenols is 1. The molecule has 2 N–H and O–H groups in total. The standard InChI is InChI=1S/C27H41BrO2/c1-27-15-14-23-22-11-10-21(29)18-20(22)17-19(26(23)24(27)12-13-25(27)30)9-7-5-3-2-4-6-8-16-28/h10-11,18-19,23-26,29-30H,2-9,12-17H2,1H3/t19?,23?,24?,25-,26?,27-/m0/s1. The summed E-state index contributed by atoms with van der Waals surface area (Å²) in [6, 6.07) is 6.14. The summed E-state index contributed by atoms with van der Waals surface area (Å²) in [6.45, 7) is 2.38. The van der Waals surface area contributed by atoms with Crippen LogP contribution in [0.2, 0.25) is 0 Å². The maximum atomic E-state index is 10.8. The Morgan fingerprint density at radius 2 is 1.73 bits per heavy atom. The summed E-state index contributed by atoms with van der Waals surface area (Å²) < 4.78 is 0. The molecule has 0 bridgehead atoms. The van der Waals surface area contributed by atoms with E-state index in [4.69, 9.17) is 0 Å². The van der Waals surface area contributed by atoms with E-state index >= 15 is 0 Å². The molecule has 3 aliphatic carbocycles. The van der Waals surface area contributed by atoms with Crippen molar-refractivity contribution in [1.29, 1.82) is 0 Å². The average Bonchev–Trinajstić information content (AvgIpc) is 3.04. The van der Waals surface area contributed by atoms with E-state index in [1.165, 1.54) is 75.3 Å². The van der Waals surface area contributed by atoms with Gasteiger partial charge in [0.15, 0.2) is 0 Å². The number of unbranched alkanes of at least 4 members (excludes halogenated alkanes) is 6. The SMILES string of the molecule is C[C@]12CCC3c4ccc(O)cc4CC(CCCCCCCCCBr)C3C1CC[C@@H]2O.